The zero-order chi connectivity index (χ0) is 13.9. The maximum Gasteiger partial charge on any atom is 0.0456 e. The molecule has 1 aliphatic carbocycles. The van der Waals surface area contributed by atoms with Gasteiger partial charge in [0, 0.05) is 36.2 Å². The highest BCUT2D eigenvalue weighted by Crippen LogP contribution is 2.30. The zero-order valence-corrected chi connectivity index (χ0v) is 11.9. The average Bonchev–Trinajstić information content (AvgIpc) is 2.95. The molecule has 0 spiro atoms. The maximum absolute atomic E-state index is 3.88. The van der Waals surface area contributed by atoms with Crippen LogP contribution in [0.5, 0.6) is 0 Å². The van der Waals surface area contributed by atoms with E-state index in [1.54, 1.807) is 0 Å². The van der Waals surface area contributed by atoms with Crippen LogP contribution in [0.15, 0.2) is 49.7 Å². The van der Waals surface area contributed by atoms with E-state index >= 15 is 0 Å². The van der Waals surface area contributed by atoms with E-state index in [0.29, 0.717) is 6.04 Å². The number of H-pyrrole nitrogens is 1. The average molecular weight is 266 g/mol. The van der Waals surface area contributed by atoms with Crippen molar-refractivity contribution in [1.29, 1.82) is 0 Å². The summed E-state index contributed by atoms with van der Waals surface area (Å²) >= 11 is 0. The minimum Gasteiger partial charge on any atom is -0.361 e. The molecule has 0 aliphatic heterocycles. The van der Waals surface area contributed by atoms with Crippen LogP contribution >= 0.6 is 0 Å². The summed E-state index contributed by atoms with van der Waals surface area (Å²) in [6.45, 7) is 9.64. The van der Waals surface area contributed by atoms with Gasteiger partial charge in [0.05, 0.1) is 0 Å². The molecule has 1 atom stereocenters. The molecule has 0 saturated heterocycles. The summed E-state index contributed by atoms with van der Waals surface area (Å²) < 4.78 is 0. The monoisotopic (exact) mass is 266 g/mol. The Balaban J connectivity index is 1.91. The largest absolute Gasteiger partial charge is 0.361 e. The summed E-state index contributed by atoms with van der Waals surface area (Å²) in [7, 11) is 0. The van der Waals surface area contributed by atoms with Crippen LogP contribution in [0.3, 0.4) is 0 Å². The third-order valence-corrected chi connectivity index (χ3v) is 4.37. The minimum atomic E-state index is 0.596. The molecule has 1 heterocycles. The van der Waals surface area contributed by atoms with Crippen molar-refractivity contribution in [2.24, 2.45) is 0 Å². The van der Waals surface area contributed by atoms with Crippen molar-refractivity contribution in [3.63, 3.8) is 0 Å². The molecule has 0 amide bonds. The molecule has 0 bridgehead atoms. The van der Waals surface area contributed by atoms with E-state index in [4.69, 9.17) is 0 Å². The number of rotatable bonds is 5. The predicted molar refractivity (Wildman–Crippen MR) is 86.1 cm³/mol. The minimum absolute atomic E-state index is 0.596. The molecule has 2 aromatic rings. The second-order valence-electron chi connectivity index (χ2n) is 5.57. The zero-order valence-electron chi connectivity index (χ0n) is 11.9. The lowest BCUT2D eigenvalue weighted by molar-refractivity contribution is 0.220. The summed E-state index contributed by atoms with van der Waals surface area (Å²) in [6, 6.07) is 7.30. The van der Waals surface area contributed by atoms with Gasteiger partial charge in [0.1, 0.15) is 0 Å². The molecule has 0 fully saturated rings. The smallest absolute Gasteiger partial charge is 0.0456 e. The normalized spacial score (nSPS) is 18.1. The van der Waals surface area contributed by atoms with Gasteiger partial charge in [-0.1, -0.05) is 18.2 Å². The van der Waals surface area contributed by atoms with Gasteiger partial charge in [0.25, 0.3) is 0 Å². The molecule has 2 nitrogen and oxygen atoms in total. The van der Waals surface area contributed by atoms with Crippen LogP contribution in [0.1, 0.15) is 17.5 Å². The Morgan fingerprint density at radius 1 is 1.20 bits per heavy atom. The first-order valence-corrected chi connectivity index (χ1v) is 7.37. The number of benzene rings is 1. The number of nitrogens with one attached hydrogen (secondary N) is 1. The van der Waals surface area contributed by atoms with E-state index < -0.39 is 0 Å². The molecule has 2 heteroatoms. The molecule has 1 aromatic carbocycles. The Hall–Kier alpha value is -1.80. The van der Waals surface area contributed by atoms with Gasteiger partial charge < -0.3 is 4.98 Å². The van der Waals surface area contributed by atoms with Gasteiger partial charge in [-0.05, 0) is 42.5 Å². The Bertz CT molecular complexity index is 613. The highest BCUT2D eigenvalue weighted by Gasteiger charge is 2.24. The first-order chi connectivity index (χ1) is 9.83. The van der Waals surface area contributed by atoms with Crippen molar-refractivity contribution in [3.8, 4) is 0 Å². The molecule has 1 N–H and O–H groups in total. The van der Waals surface area contributed by atoms with Crippen LogP contribution < -0.4 is 0 Å². The summed E-state index contributed by atoms with van der Waals surface area (Å²) in [4.78, 5) is 5.80. The van der Waals surface area contributed by atoms with E-state index in [1.807, 2.05) is 18.3 Å². The van der Waals surface area contributed by atoms with E-state index in [2.05, 4.69) is 41.2 Å². The van der Waals surface area contributed by atoms with Crippen molar-refractivity contribution in [3.05, 3.63) is 60.8 Å². The van der Waals surface area contributed by atoms with Crippen LogP contribution in [0.2, 0.25) is 0 Å². The fourth-order valence-corrected chi connectivity index (χ4v) is 3.39. The van der Waals surface area contributed by atoms with Crippen LogP contribution in [0.25, 0.3) is 10.9 Å². The third-order valence-electron chi connectivity index (χ3n) is 4.37. The molecular formula is C18H22N2. The summed E-state index contributed by atoms with van der Waals surface area (Å²) in [5.74, 6) is 0. The van der Waals surface area contributed by atoms with Crippen LogP contribution in [-0.4, -0.2) is 29.0 Å². The van der Waals surface area contributed by atoms with Crippen molar-refractivity contribution in [2.45, 2.75) is 25.3 Å². The summed E-state index contributed by atoms with van der Waals surface area (Å²) in [5, 5.41) is 1.39. The number of hydrogen-bond donors (Lipinski definition) is 1. The molecule has 3 rings (SSSR count). The highest BCUT2D eigenvalue weighted by molar-refractivity contribution is 5.84. The standard InChI is InChI=1S/C18H22N2/c1-3-11-20(12-4-2)15-7-5-14-6-8-18-16(9-10-19-18)17(14)13-15/h3-4,6,8-10,15,19H,1-2,5,7,11-13H2. The van der Waals surface area contributed by atoms with Crippen LogP contribution in [0, 0.1) is 0 Å². The second-order valence-corrected chi connectivity index (χ2v) is 5.57. The van der Waals surface area contributed by atoms with Crippen molar-refractivity contribution in [2.75, 3.05) is 13.1 Å². The Labute approximate surface area is 120 Å². The molecule has 0 radical (unpaired) electrons. The van der Waals surface area contributed by atoms with E-state index in [1.165, 1.54) is 34.9 Å². The fourth-order valence-electron chi connectivity index (χ4n) is 3.39. The van der Waals surface area contributed by atoms with Crippen molar-refractivity contribution in [1.82, 2.24) is 9.88 Å². The molecule has 1 aliphatic rings. The number of hydrogen-bond acceptors (Lipinski definition) is 1. The highest BCUT2D eigenvalue weighted by atomic mass is 15.1. The van der Waals surface area contributed by atoms with Gasteiger partial charge in [-0.2, -0.15) is 0 Å². The van der Waals surface area contributed by atoms with E-state index in [-0.39, 0.29) is 0 Å². The van der Waals surface area contributed by atoms with Crippen LogP contribution in [0.4, 0.5) is 0 Å². The molecule has 1 aromatic heterocycles. The van der Waals surface area contributed by atoms with Gasteiger partial charge in [0.2, 0.25) is 0 Å². The first-order valence-electron chi connectivity index (χ1n) is 7.37. The quantitative estimate of drug-likeness (QED) is 0.818. The summed E-state index contributed by atoms with van der Waals surface area (Å²) in [5.41, 5.74) is 4.30. The molecule has 0 saturated carbocycles. The molecule has 104 valence electrons. The fraction of sp³-hybridized carbons (Fsp3) is 0.333. The van der Waals surface area contributed by atoms with Crippen molar-refractivity contribution >= 4 is 10.9 Å². The molecule has 1 unspecified atom stereocenters. The van der Waals surface area contributed by atoms with E-state index in [0.717, 1.165) is 19.5 Å². The SMILES string of the molecule is C=CCN(CC=C)C1CCc2ccc3[nH]ccc3c2C1. The van der Waals surface area contributed by atoms with Gasteiger partial charge in [-0.3, -0.25) is 4.90 Å². The molecular weight excluding hydrogens is 244 g/mol. The first kappa shape index (κ1) is 13.2. The van der Waals surface area contributed by atoms with Gasteiger partial charge in [-0.25, -0.2) is 0 Å². The van der Waals surface area contributed by atoms with Crippen molar-refractivity contribution < 1.29 is 0 Å². The molecule has 20 heavy (non-hydrogen) atoms. The Morgan fingerprint density at radius 2 is 2.00 bits per heavy atom. The van der Waals surface area contributed by atoms with Gasteiger partial charge >= 0.3 is 0 Å². The number of nitrogens with zero attached hydrogens (tertiary/aromatic N) is 1. The predicted octanol–water partition coefficient (Wildman–Crippen LogP) is 3.70. The maximum atomic E-state index is 3.88. The summed E-state index contributed by atoms with van der Waals surface area (Å²) in [6.07, 6.45) is 9.56. The van der Waals surface area contributed by atoms with Gasteiger partial charge in [0.15, 0.2) is 0 Å². The number of aromatic amines is 1. The number of fused-ring (bicyclic) bond motifs is 3. The Morgan fingerprint density at radius 3 is 2.75 bits per heavy atom. The lowest BCUT2D eigenvalue weighted by atomic mass is 9.85. The van der Waals surface area contributed by atoms with Gasteiger partial charge in [-0.15, -0.1) is 13.2 Å². The number of aromatic nitrogens is 1. The number of aryl methyl sites for hydroxylation is 1. The Kier molecular flexibility index (Phi) is 3.75. The second kappa shape index (κ2) is 5.68. The lowest BCUT2D eigenvalue weighted by Gasteiger charge is -2.34. The third kappa shape index (κ3) is 2.32. The van der Waals surface area contributed by atoms with E-state index in [9.17, 15) is 0 Å². The lowest BCUT2D eigenvalue weighted by Crippen LogP contribution is -2.39. The van der Waals surface area contributed by atoms with Crippen LogP contribution in [-0.2, 0) is 12.8 Å². The topological polar surface area (TPSA) is 19.0 Å².